The number of halogens is 1. The topological polar surface area (TPSA) is 117 Å². The molecular formula is C22H21FN8O2. The number of anilines is 2. The minimum Gasteiger partial charge on any atom is -0.356 e. The minimum atomic E-state index is -1.92. The van der Waals surface area contributed by atoms with Crippen molar-refractivity contribution < 1.29 is 14.0 Å². The first-order chi connectivity index (χ1) is 16.0. The van der Waals surface area contributed by atoms with Crippen LogP contribution in [0.3, 0.4) is 0 Å². The van der Waals surface area contributed by atoms with Gasteiger partial charge >= 0.3 is 0 Å². The Kier molecular flexibility index (Phi) is 5.08. The average molecular weight is 448 g/mol. The quantitative estimate of drug-likeness (QED) is 0.491. The summed E-state index contributed by atoms with van der Waals surface area (Å²) in [5.74, 6) is -0.347. The third-order valence-electron chi connectivity index (χ3n) is 5.90. The normalized spacial score (nSPS) is 15.5. The second-order valence-electron chi connectivity index (χ2n) is 7.90. The zero-order valence-electron chi connectivity index (χ0n) is 17.8. The molecule has 2 amide bonds. The second kappa shape index (κ2) is 8.08. The van der Waals surface area contributed by atoms with Crippen molar-refractivity contribution in [2.24, 2.45) is 0 Å². The van der Waals surface area contributed by atoms with Crippen molar-refractivity contribution in [1.29, 1.82) is 0 Å². The number of nitrogens with one attached hydrogen (secondary N) is 2. The number of aromatic nitrogens is 5. The highest BCUT2D eigenvalue weighted by Crippen LogP contribution is 2.28. The summed E-state index contributed by atoms with van der Waals surface area (Å²) in [4.78, 5) is 30.8. The Morgan fingerprint density at radius 1 is 1.06 bits per heavy atom. The van der Waals surface area contributed by atoms with Crippen LogP contribution in [0.1, 0.15) is 23.2 Å². The lowest BCUT2D eigenvalue weighted by molar-refractivity contribution is -0.135. The molecule has 33 heavy (non-hydrogen) atoms. The fraction of sp³-hybridized carbons (Fsp3) is 0.273. The van der Waals surface area contributed by atoms with Crippen molar-refractivity contribution in [3.8, 4) is 0 Å². The van der Waals surface area contributed by atoms with E-state index in [0.717, 1.165) is 11.0 Å². The molecule has 0 unspecified atom stereocenters. The van der Waals surface area contributed by atoms with E-state index in [4.69, 9.17) is 0 Å². The maximum Gasteiger partial charge on any atom is 0.257 e. The summed E-state index contributed by atoms with van der Waals surface area (Å²) in [6.45, 7) is 0.364. The van der Waals surface area contributed by atoms with Crippen LogP contribution < -0.4 is 10.6 Å². The smallest absolute Gasteiger partial charge is 0.257 e. The molecule has 0 atom stereocenters. The molecule has 10 nitrogen and oxygen atoms in total. The number of amides is 2. The highest BCUT2D eigenvalue weighted by molar-refractivity contribution is 5.95. The Balaban J connectivity index is 1.32. The van der Waals surface area contributed by atoms with Gasteiger partial charge < -0.3 is 15.5 Å². The molecule has 2 aromatic carbocycles. The van der Waals surface area contributed by atoms with E-state index in [-0.39, 0.29) is 31.8 Å². The average Bonchev–Trinajstić information content (AvgIpc) is 3.35. The first-order valence-electron chi connectivity index (χ1n) is 10.5. The van der Waals surface area contributed by atoms with Crippen LogP contribution in [0.25, 0.3) is 16.7 Å². The maximum absolute atomic E-state index is 14.7. The van der Waals surface area contributed by atoms with Crippen LogP contribution in [0.5, 0.6) is 0 Å². The van der Waals surface area contributed by atoms with Gasteiger partial charge in [-0.25, -0.2) is 9.37 Å². The van der Waals surface area contributed by atoms with Gasteiger partial charge in [0.05, 0.1) is 11.0 Å². The van der Waals surface area contributed by atoms with E-state index in [1.165, 1.54) is 7.05 Å². The van der Waals surface area contributed by atoms with E-state index in [1.807, 2.05) is 24.3 Å². The van der Waals surface area contributed by atoms with Gasteiger partial charge in [0, 0.05) is 44.2 Å². The lowest BCUT2D eigenvalue weighted by Gasteiger charge is -2.35. The number of carbonyl (C=O) groups excluding carboxylic acids is 2. The molecule has 3 heterocycles. The highest BCUT2D eigenvalue weighted by atomic mass is 19.1. The Morgan fingerprint density at radius 2 is 1.79 bits per heavy atom. The first-order valence-corrected chi connectivity index (χ1v) is 10.5. The SMILES string of the molecule is CNC(=O)C1(F)CCN(C(=O)c2ccc(Nc3nc4ccccc4n4nnnc34)cc2)CC1. The van der Waals surface area contributed by atoms with Gasteiger partial charge in [-0.2, -0.15) is 4.52 Å². The number of hydrogen-bond donors (Lipinski definition) is 2. The molecule has 1 aliphatic rings. The Hall–Kier alpha value is -4.15. The maximum atomic E-state index is 14.7. The molecule has 168 valence electrons. The number of benzene rings is 2. The Bertz CT molecular complexity index is 1350. The number of alkyl halides is 1. The molecule has 4 aromatic rings. The summed E-state index contributed by atoms with van der Waals surface area (Å²) in [6.07, 6.45) is -0.0395. The monoisotopic (exact) mass is 448 g/mol. The van der Waals surface area contributed by atoms with Crippen LogP contribution >= 0.6 is 0 Å². The second-order valence-corrected chi connectivity index (χ2v) is 7.90. The van der Waals surface area contributed by atoms with Gasteiger partial charge in [0.25, 0.3) is 11.8 Å². The summed E-state index contributed by atoms with van der Waals surface area (Å²) in [7, 11) is 1.41. The van der Waals surface area contributed by atoms with Crippen LogP contribution in [0.4, 0.5) is 15.9 Å². The number of tetrazole rings is 1. The molecule has 1 fully saturated rings. The van der Waals surface area contributed by atoms with Crippen LogP contribution in [0.2, 0.25) is 0 Å². The summed E-state index contributed by atoms with van der Waals surface area (Å²) < 4.78 is 16.3. The predicted molar refractivity (Wildman–Crippen MR) is 119 cm³/mol. The van der Waals surface area contributed by atoms with E-state index in [9.17, 15) is 14.0 Å². The number of piperidine rings is 1. The van der Waals surface area contributed by atoms with Crippen molar-refractivity contribution in [2.75, 3.05) is 25.5 Å². The number of fused-ring (bicyclic) bond motifs is 3. The lowest BCUT2D eigenvalue weighted by atomic mass is 9.92. The van der Waals surface area contributed by atoms with Crippen LogP contribution in [0, 0.1) is 0 Å². The molecule has 0 aliphatic carbocycles. The molecule has 1 aliphatic heterocycles. The summed E-state index contributed by atoms with van der Waals surface area (Å²) in [5.41, 5.74) is 1.27. The van der Waals surface area contributed by atoms with Gasteiger partial charge in [0.15, 0.2) is 11.5 Å². The van der Waals surface area contributed by atoms with Gasteiger partial charge in [-0.05, 0) is 46.8 Å². The number of nitrogens with zero attached hydrogens (tertiary/aromatic N) is 6. The number of rotatable bonds is 4. The zero-order chi connectivity index (χ0) is 23.0. The van der Waals surface area contributed by atoms with Crippen molar-refractivity contribution in [1.82, 2.24) is 35.2 Å². The number of hydrogen-bond acceptors (Lipinski definition) is 7. The Labute approximate surface area is 187 Å². The van der Waals surface area contributed by atoms with E-state index < -0.39 is 11.6 Å². The molecular weight excluding hydrogens is 427 g/mol. The van der Waals surface area contributed by atoms with Crippen LogP contribution in [-0.4, -0.2) is 67.5 Å². The van der Waals surface area contributed by atoms with Gasteiger partial charge in [0.2, 0.25) is 5.65 Å². The molecule has 0 spiro atoms. The molecule has 0 bridgehead atoms. The predicted octanol–water partition coefficient (Wildman–Crippen LogP) is 2.11. The van der Waals surface area contributed by atoms with Crippen LogP contribution in [-0.2, 0) is 4.79 Å². The minimum absolute atomic E-state index is 0.0198. The van der Waals surface area contributed by atoms with E-state index in [2.05, 4.69) is 31.1 Å². The van der Waals surface area contributed by atoms with Gasteiger partial charge in [0.1, 0.15) is 0 Å². The van der Waals surface area contributed by atoms with Gasteiger partial charge in [-0.3, -0.25) is 9.59 Å². The third-order valence-corrected chi connectivity index (χ3v) is 5.90. The van der Waals surface area contributed by atoms with Crippen molar-refractivity contribution >= 4 is 40.0 Å². The molecule has 5 rings (SSSR count). The van der Waals surface area contributed by atoms with E-state index >= 15 is 0 Å². The van der Waals surface area contributed by atoms with Gasteiger partial charge in [-0.15, -0.1) is 5.10 Å². The van der Waals surface area contributed by atoms with Crippen molar-refractivity contribution in [3.05, 3.63) is 54.1 Å². The fourth-order valence-corrected chi connectivity index (χ4v) is 4.02. The molecule has 11 heteroatoms. The van der Waals surface area contributed by atoms with Crippen molar-refractivity contribution in [3.63, 3.8) is 0 Å². The fourth-order valence-electron chi connectivity index (χ4n) is 4.02. The van der Waals surface area contributed by atoms with Gasteiger partial charge in [-0.1, -0.05) is 12.1 Å². The van der Waals surface area contributed by atoms with Crippen LogP contribution in [0.15, 0.2) is 48.5 Å². The third kappa shape index (κ3) is 3.71. The molecule has 1 saturated heterocycles. The summed E-state index contributed by atoms with van der Waals surface area (Å²) >= 11 is 0. The summed E-state index contributed by atoms with van der Waals surface area (Å²) in [5, 5.41) is 17.4. The highest BCUT2D eigenvalue weighted by Gasteiger charge is 2.42. The Morgan fingerprint density at radius 3 is 2.52 bits per heavy atom. The van der Waals surface area contributed by atoms with E-state index in [0.29, 0.717) is 22.7 Å². The molecule has 2 aromatic heterocycles. The number of para-hydroxylation sites is 2. The number of likely N-dealkylation sites (tertiary alicyclic amines) is 1. The van der Waals surface area contributed by atoms with Crippen molar-refractivity contribution in [2.45, 2.75) is 18.5 Å². The lowest BCUT2D eigenvalue weighted by Crippen LogP contribution is -2.51. The molecule has 0 saturated carbocycles. The zero-order valence-corrected chi connectivity index (χ0v) is 17.8. The molecule has 0 radical (unpaired) electrons. The first kappa shape index (κ1) is 20.7. The summed E-state index contributed by atoms with van der Waals surface area (Å²) in [6, 6.07) is 14.5. The standard InChI is InChI=1S/C22H21FN8O2/c1-24-21(33)22(23)10-12-30(13-11-22)20(32)14-6-8-15(9-7-14)25-18-19-27-28-29-31(19)17-5-3-2-4-16(17)26-18/h2-9H,10-13H2,1H3,(H,24,33)(H,25,26). The number of carbonyl (C=O) groups is 2. The largest absolute Gasteiger partial charge is 0.356 e. The van der Waals surface area contributed by atoms with E-state index in [1.54, 1.807) is 33.7 Å². The molecule has 2 N–H and O–H groups in total.